The average Bonchev–Trinajstić information content (AvgIpc) is 1.84. The Morgan fingerprint density at radius 3 is 2.33 bits per heavy atom. The summed E-state index contributed by atoms with van der Waals surface area (Å²) in [7, 11) is -3.25. The van der Waals surface area contributed by atoms with Gasteiger partial charge in [0.05, 0.1) is 6.61 Å². The first-order valence-electron chi connectivity index (χ1n) is 3.42. The summed E-state index contributed by atoms with van der Waals surface area (Å²) in [5.74, 6) is -0.595. The van der Waals surface area contributed by atoms with Gasteiger partial charge in [0.1, 0.15) is 0 Å². The maximum Gasteiger partial charge on any atom is 0.334 e. The number of hydrogen-bond acceptors (Lipinski definition) is 4. The minimum atomic E-state index is -3.25. The lowest BCUT2D eigenvalue weighted by atomic mass is 10.4. The van der Waals surface area contributed by atoms with E-state index >= 15 is 0 Å². The van der Waals surface area contributed by atoms with E-state index in [2.05, 4.69) is 4.74 Å². The van der Waals surface area contributed by atoms with Crippen LogP contribution in [0.2, 0.25) is 0 Å². The molecule has 0 spiro atoms. The molecule has 0 amide bonds. The van der Waals surface area contributed by atoms with Crippen molar-refractivity contribution in [1.82, 2.24) is 0 Å². The summed E-state index contributed by atoms with van der Waals surface area (Å²) >= 11 is 0. The molecule has 0 aromatic carbocycles. The van der Waals surface area contributed by atoms with Crippen molar-refractivity contribution in [3.8, 4) is 0 Å². The van der Waals surface area contributed by atoms with E-state index in [-0.39, 0.29) is 12.2 Å². The zero-order valence-corrected chi connectivity index (χ0v) is 8.14. The van der Waals surface area contributed by atoms with Crippen molar-refractivity contribution < 1.29 is 17.9 Å². The standard InChI is InChI=1S/C7H12O4S/c1-4-11-7(8)6(2)5-12(3,9)10/h5H,4H2,1-3H3. The predicted molar refractivity (Wildman–Crippen MR) is 45.2 cm³/mol. The van der Waals surface area contributed by atoms with Crippen LogP contribution in [0.1, 0.15) is 13.8 Å². The first kappa shape index (κ1) is 11.2. The molecule has 0 N–H and O–H groups in total. The zero-order chi connectivity index (χ0) is 9.78. The third kappa shape index (κ3) is 4.90. The van der Waals surface area contributed by atoms with Crippen LogP contribution < -0.4 is 0 Å². The van der Waals surface area contributed by atoms with E-state index in [1.54, 1.807) is 6.92 Å². The number of ether oxygens (including phenoxy) is 1. The summed E-state index contributed by atoms with van der Waals surface area (Å²) in [5, 5.41) is 0.894. The molecule has 0 atom stereocenters. The number of carbonyl (C=O) groups is 1. The normalized spacial score (nSPS) is 12.8. The molecule has 0 saturated carbocycles. The highest BCUT2D eigenvalue weighted by Gasteiger charge is 2.07. The Morgan fingerprint density at radius 2 is 2.00 bits per heavy atom. The molecule has 4 nitrogen and oxygen atoms in total. The Morgan fingerprint density at radius 1 is 1.50 bits per heavy atom. The molecule has 0 aromatic heterocycles. The monoisotopic (exact) mass is 192 g/mol. The second-order valence-electron chi connectivity index (χ2n) is 2.35. The summed E-state index contributed by atoms with van der Waals surface area (Å²) in [6.45, 7) is 3.30. The van der Waals surface area contributed by atoms with E-state index in [0.29, 0.717) is 0 Å². The van der Waals surface area contributed by atoms with Crippen LogP contribution in [0.4, 0.5) is 0 Å². The highest BCUT2D eigenvalue weighted by molar-refractivity contribution is 7.93. The maximum atomic E-state index is 10.9. The van der Waals surface area contributed by atoms with E-state index in [9.17, 15) is 13.2 Å². The molecular formula is C7H12O4S. The van der Waals surface area contributed by atoms with Crippen molar-refractivity contribution in [2.45, 2.75) is 13.8 Å². The predicted octanol–water partition coefficient (Wildman–Crippen LogP) is 0.498. The lowest BCUT2D eigenvalue weighted by Gasteiger charge is -1.99. The average molecular weight is 192 g/mol. The fraction of sp³-hybridized carbons (Fsp3) is 0.571. The molecule has 5 heteroatoms. The molecule has 0 rings (SSSR count). The third-order valence-corrected chi connectivity index (χ3v) is 1.77. The van der Waals surface area contributed by atoms with Crippen molar-refractivity contribution in [1.29, 1.82) is 0 Å². The van der Waals surface area contributed by atoms with Gasteiger partial charge in [-0.3, -0.25) is 0 Å². The van der Waals surface area contributed by atoms with Gasteiger partial charge in [-0.25, -0.2) is 13.2 Å². The summed E-state index contributed by atoms with van der Waals surface area (Å²) in [5.41, 5.74) is 0.0966. The second kappa shape index (κ2) is 4.25. The third-order valence-electron chi connectivity index (χ3n) is 0.988. The number of esters is 1. The molecule has 0 fully saturated rings. The summed E-state index contributed by atoms with van der Waals surface area (Å²) < 4.78 is 25.9. The SMILES string of the molecule is CCOC(=O)C(C)=CS(C)(=O)=O. The molecule has 0 aliphatic rings. The van der Waals surface area contributed by atoms with Gasteiger partial charge in [-0.2, -0.15) is 0 Å². The van der Waals surface area contributed by atoms with Crippen LogP contribution in [-0.2, 0) is 19.4 Å². The molecule has 70 valence electrons. The fourth-order valence-electron chi connectivity index (χ4n) is 0.614. The van der Waals surface area contributed by atoms with E-state index in [1.807, 2.05) is 0 Å². The van der Waals surface area contributed by atoms with Crippen LogP contribution in [0.5, 0.6) is 0 Å². The van der Waals surface area contributed by atoms with Crippen molar-refractivity contribution in [3.05, 3.63) is 11.0 Å². The van der Waals surface area contributed by atoms with E-state index in [0.717, 1.165) is 11.7 Å². The summed E-state index contributed by atoms with van der Waals surface area (Å²) in [6, 6.07) is 0. The second-order valence-corrected chi connectivity index (χ2v) is 4.25. The Labute approximate surface area is 72.1 Å². The van der Waals surface area contributed by atoms with Crippen LogP contribution in [0.15, 0.2) is 11.0 Å². The highest BCUT2D eigenvalue weighted by atomic mass is 32.2. The number of sulfone groups is 1. The molecule has 0 aliphatic heterocycles. The lowest BCUT2D eigenvalue weighted by molar-refractivity contribution is -0.138. The Hall–Kier alpha value is -0.840. The number of carbonyl (C=O) groups excluding carboxylic acids is 1. The first-order valence-corrected chi connectivity index (χ1v) is 5.37. The molecule has 0 aromatic rings. The highest BCUT2D eigenvalue weighted by Crippen LogP contribution is 1.99. The van der Waals surface area contributed by atoms with E-state index in [4.69, 9.17) is 0 Å². The lowest BCUT2D eigenvalue weighted by Crippen LogP contribution is -2.06. The van der Waals surface area contributed by atoms with Crippen molar-refractivity contribution >= 4 is 15.8 Å². The quantitative estimate of drug-likeness (QED) is 0.482. The number of rotatable bonds is 3. The van der Waals surface area contributed by atoms with Gasteiger partial charge < -0.3 is 4.74 Å². The molecule has 0 aliphatic carbocycles. The van der Waals surface area contributed by atoms with Gasteiger partial charge in [0.15, 0.2) is 9.84 Å². The van der Waals surface area contributed by atoms with Gasteiger partial charge in [0, 0.05) is 17.2 Å². The number of hydrogen-bond donors (Lipinski definition) is 0. The van der Waals surface area contributed by atoms with Crippen LogP contribution >= 0.6 is 0 Å². The van der Waals surface area contributed by atoms with Gasteiger partial charge in [0.2, 0.25) is 0 Å². The largest absolute Gasteiger partial charge is 0.463 e. The van der Waals surface area contributed by atoms with Gasteiger partial charge in [-0.1, -0.05) is 0 Å². The smallest absolute Gasteiger partial charge is 0.334 e. The maximum absolute atomic E-state index is 10.9. The summed E-state index contributed by atoms with van der Waals surface area (Å²) in [6.07, 6.45) is 1.02. The zero-order valence-electron chi connectivity index (χ0n) is 7.33. The summed E-state index contributed by atoms with van der Waals surface area (Å²) in [4.78, 5) is 10.9. The van der Waals surface area contributed by atoms with Gasteiger partial charge in [-0.05, 0) is 13.8 Å². The van der Waals surface area contributed by atoms with Crippen LogP contribution in [0, 0.1) is 0 Å². The molecule has 0 bridgehead atoms. The molecular weight excluding hydrogens is 180 g/mol. The minimum absolute atomic E-state index is 0.0966. The topological polar surface area (TPSA) is 60.4 Å². The van der Waals surface area contributed by atoms with E-state index in [1.165, 1.54) is 6.92 Å². The molecule has 0 heterocycles. The van der Waals surface area contributed by atoms with Crippen molar-refractivity contribution in [2.75, 3.05) is 12.9 Å². The Kier molecular flexibility index (Phi) is 3.95. The van der Waals surface area contributed by atoms with Gasteiger partial charge in [-0.15, -0.1) is 0 Å². The van der Waals surface area contributed by atoms with Crippen molar-refractivity contribution in [3.63, 3.8) is 0 Å². The Balaban J connectivity index is 4.50. The van der Waals surface area contributed by atoms with Crippen molar-refractivity contribution in [2.24, 2.45) is 0 Å². The van der Waals surface area contributed by atoms with Crippen LogP contribution in [0.25, 0.3) is 0 Å². The first-order chi connectivity index (χ1) is 5.37. The van der Waals surface area contributed by atoms with Gasteiger partial charge >= 0.3 is 5.97 Å². The molecule has 0 saturated heterocycles. The van der Waals surface area contributed by atoms with E-state index < -0.39 is 15.8 Å². The van der Waals surface area contributed by atoms with Crippen LogP contribution in [0.3, 0.4) is 0 Å². The molecule has 0 radical (unpaired) electrons. The van der Waals surface area contributed by atoms with Gasteiger partial charge in [0.25, 0.3) is 0 Å². The molecule has 12 heavy (non-hydrogen) atoms. The molecule has 0 unspecified atom stereocenters. The Bertz CT molecular complexity index is 287. The fourth-order valence-corrected chi connectivity index (χ4v) is 1.35. The minimum Gasteiger partial charge on any atom is -0.463 e. The van der Waals surface area contributed by atoms with Crippen LogP contribution in [-0.4, -0.2) is 27.2 Å².